The molecule has 0 fully saturated rings. The number of ether oxygens (including phenoxy) is 1. The van der Waals surface area contributed by atoms with E-state index in [1.807, 2.05) is 0 Å². The van der Waals surface area contributed by atoms with Gasteiger partial charge >= 0.3 is 5.97 Å². The van der Waals surface area contributed by atoms with Gasteiger partial charge in [0.05, 0.1) is 6.61 Å². The Morgan fingerprint density at radius 1 is 0.712 bits per heavy atom. The number of benzene rings is 2. The molecule has 21 heteroatoms. The molecule has 6 rings (SSSR count). The number of esters is 1. The number of rotatable bonds is 10. The molecule has 15 nitrogen and oxygen atoms in total. The summed E-state index contributed by atoms with van der Waals surface area (Å²) < 4.78 is 114. The van der Waals surface area contributed by atoms with E-state index in [1.54, 1.807) is 58.9 Å². The molecule has 0 aliphatic carbocycles. The Balaban J connectivity index is 0.000000219. The van der Waals surface area contributed by atoms with Crippen LogP contribution in [0.15, 0.2) is 83.1 Å². The average Bonchev–Trinajstić information content (AvgIpc) is 3.62. The monoisotopic (exact) mass is 862 g/mol. The van der Waals surface area contributed by atoms with Crippen LogP contribution < -0.4 is 20.5 Å². The molecule has 0 radical (unpaired) electrons. The number of aromatic nitrogens is 4. The molecule has 2 aromatic carbocycles. The molecule has 4 aromatic heterocycles. The van der Waals surface area contributed by atoms with E-state index in [-0.39, 0.29) is 62.5 Å². The highest BCUT2D eigenvalue weighted by molar-refractivity contribution is 7.90. The van der Waals surface area contributed by atoms with Crippen molar-refractivity contribution in [3.63, 3.8) is 0 Å². The quantitative estimate of drug-likeness (QED) is 0.0742. The summed E-state index contributed by atoms with van der Waals surface area (Å²) in [7, 11) is -4.81. The van der Waals surface area contributed by atoms with Gasteiger partial charge in [0.15, 0.2) is 33.3 Å². The van der Waals surface area contributed by atoms with Gasteiger partial charge in [-0.2, -0.15) is 0 Å². The molecule has 4 heterocycles. The zero-order valence-electron chi connectivity index (χ0n) is 32.8. The number of carbonyl (C=O) groups excluding carboxylic acids is 2. The number of carbonyl (C=O) groups is 2. The first-order valence-corrected chi connectivity index (χ1v) is 20.6. The van der Waals surface area contributed by atoms with Gasteiger partial charge in [-0.15, -0.1) is 0 Å². The lowest BCUT2D eigenvalue weighted by molar-refractivity contribution is 0.0516. The van der Waals surface area contributed by atoms with Gasteiger partial charge < -0.3 is 24.9 Å². The van der Waals surface area contributed by atoms with Gasteiger partial charge in [-0.1, -0.05) is 0 Å². The second-order valence-electron chi connectivity index (χ2n) is 13.3. The van der Waals surface area contributed by atoms with Gasteiger partial charge in [0, 0.05) is 66.8 Å². The molecule has 0 aliphatic rings. The van der Waals surface area contributed by atoms with Crippen LogP contribution in [0.4, 0.5) is 28.9 Å². The Labute approximate surface area is 337 Å². The van der Waals surface area contributed by atoms with Crippen LogP contribution in [-0.4, -0.2) is 66.5 Å². The van der Waals surface area contributed by atoms with E-state index in [4.69, 9.17) is 10.5 Å². The first-order chi connectivity index (χ1) is 27.6. The Morgan fingerprint density at radius 3 is 1.61 bits per heavy atom. The minimum atomic E-state index is -3.95. The molecular formula is C38H42F4N8O7S2. The molecule has 0 aliphatic heterocycles. The standard InChI is InChI=1S/C18H18F2N4O3S.C14H19N3O4S.C6H5F2N/c1-10(2)23-28(26,27)18-15-12(5-4-8-21-15)16(24(18)3)17(25)22-11-6-7-13(19)14(20)9-11;1-5-21-14(18)12-10-7-6-8-15-11(10)13(17(12)4)22(19,20)16-9(2)3;7-5-2-1-4(9)3-6(5)8/h4-10,23H,1-3H3,(H,22,25);6-9,16H,5H2,1-4H3;1-3H,9H2. The number of pyridine rings is 2. The predicted molar refractivity (Wildman–Crippen MR) is 213 cm³/mol. The van der Waals surface area contributed by atoms with Crippen molar-refractivity contribution in [2.75, 3.05) is 17.7 Å². The van der Waals surface area contributed by atoms with E-state index in [9.17, 15) is 44.0 Å². The normalized spacial score (nSPS) is 11.6. The molecule has 316 valence electrons. The van der Waals surface area contributed by atoms with Crippen LogP contribution in [0.3, 0.4) is 0 Å². The lowest BCUT2D eigenvalue weighted by Gasteiger charge is -2.12. The first kappa shape index (κ1) is 45.8. The molecule has 0 atom stereocenters. The van der Waals surface area contributed by atoms with E-state index in [1.165, 1.54) is 47.8 Å². The number of sulfonamides is 2. The second-order valence-corrected chi connectivity index (χ2v) is 16.5. The molecule has 0 spiro atoms. The maximum Gasteiger partial charge on any atom is 0.355 e. The first-order valence-electron chi connectivity index (χ1n) is 17.7. The number of nitrogens with two attached hydrogens (primary N) is 1. The van der Waals surface area contributed by atoms with Crippen LogP contribution >= 0.6 is 0 Å². The summed E-state index contributed by atoms with van der Waals surface area (Å²) in [5.41, 5.74) is 5.97. The minimum Gasteiger partial charge on any atom is -0.461 e. The molecule has 5 N–H and O–H groups in total. The summed E-state index contributed by atoms with van der Waals surface area (Å²) in [5.74, 6) is -5.19. The maximum atomic E-state index is 13.4. The number of amides is 1. The number of halogens is 4. The molecular weight excluding hydrogens is 821 g/mol. The molecule has 0 saturated heterocycles. The SMILES string of the molecule is CC(C)NS(=O)(=O)c1c2ncccc2c(C(=O)Nc2ccc(F)c(F)c2)n1C.CCOC(=O)c1c2cccnc2c(S(=O)(=O)NC(C)C)n1C.Nc1ccc(F)c(F)c1. The summed E-state index contributed by atoms with van der Waals surface area (Å²) in [4.78, 5) is 33.2. The number of nitrogen functional groups attached to an aromatic ring is 1. The molecule has 1 amide bonds. The van der Waals surface area contributed by atoms with Crippen molar-refractivity contribution < 1.29 is 48.7 Å². The van der Waals surface area contributed by atoms with Gasteiger partial charge in [0.25, 0.3) is 26.0 Å². The number of anilines is 2. The van der Waals surface area contributed by atoms with Crippen LogP contribution in [-0.2, 0) is 38.9 Å². The number of hydrogen-bond donors (Lipinski definition) is 4. The predicted octanol–water partition coefficient (Wildman–Crippen LogP) is 5.77. The highest BCUT2D eigenvalue weighted by Gasteiger charge is 2.31. The number of fused-ring (bicyclic) bond motifs is 2. The molecule has 0 saturated carbocycles. The lowest BCUT2D eigenvalue weighted by Crippen LogP contribution is -2.32. The Hall–Kier alpha value is -5.90. The van der Waals surface area contributed by atoms with Crippen molar-refractivity contribution in [3.8, 4) is 0 Å². The fraction of sp³-hybridized carbons (Fsp3) is 0.263. The summed E-state index contributed by atoms with van der Waals surface area (Å²) in [6.07, 6.45) is 2.92. The van der Waals surface area contributed by atoms with E-state index in [0.29, 0.717) is 10.8 Å². The topological polar surface area (TPSA) is 209 Å². The van der Waals surface area contributed by atoms with Crippen LogP contribution in [0.5, 0.6) is 0 Å². The second kappa shape index (κ2) is 18.8. The van der Waals surface area contributed by atoms with E-state index < -0.39 is 55.2 Å². The number of nitrogens with one attached hydrogen (secondary N) is 3. The zero-order chi connectivity index (χ0) is 44.0. The lowest BCUT2D eigenvalue weighted by atomic mass is 10.2. The van der Waals surface area contributed by atoms with Crippen LogP contribution in [0.2, 0.25) is 0 Å². The Morgan fingerprint density at radius 2 is 1.17 bits per heavy atom. The van der Waals surface area contributed by atoms with Crippen LogP contribution in [0, 0.1) is 23.3 Å². The van der Waals surface area contributed by atoms with Gasteiger partial charge in [-0.25, -0.2) is 48.6 Å². The largest absolute Gasteiger partial charge is 0.461 e. The van der Waals surface area contributed by atoms with Crippen molar-refractivity contribution in [2.24, 2.45) is 14.1 Å². The third-order valence-corrected chi connectivity index (χ3v) is 11.4. The van der Waals surface area contributed by atoms with Gasteiger partial charge in [-0.05, 0) is 89.2 Å². The molecule has 0 unspecified atom stereocenters. The molecule has 6 aromatic rings. The van der Waals surface area contributed by atoms with Crippen LogP contribution in [0.1, 0.15) is 55.6 Å². The number of hydrogen-bond acceptors (Lipinski definition) is 10. The maximum absolute atomic E-state index is 13.4. The van der Waals surface area contributed by atoms with Crippen LogP contribution in [0.25, 0.3) is 21.8 Å². The summed E-state index contributed by atoms with van der Waals surface area (Å²) in [6.45, 7) is 8.70. The third kappa shape index (κ3) is 10.6. The Kier molecular flexibility index (Phi) is 14.6. The van der Waals surface area contributed by atoms with Gasteiger partial charge in [0.1, 0.15) is 22.4 Å². The smallest absolute Gasteiger partial charge is 0.355 e. The van der Waals surface area contributed by atoms with Crippen molar-refractivity contribution >= 4 is 65.1 Å². The fourth-order valence-corrected chi connectivity index (χ4v) is 8.96. The number of nitrogens with zero attached hydrogens (tertiary/aromatic N) is 4. The van der Waals surface area contributed by atoms with E-state index in [0.717, 1.165) is 24.3 Å². The van der Waals surface area contributed by atoms with Crippen molar-refractivity contribution in [1.29, 1.82) is 0 Å². The summed E-state index contributed by atoms with van der Waals surface area (Å²) in [5, 5.41) is 3.02. The minimum absolute atomic E-state index is 0.0250. The van der Waals surface area contributed by atoms with Gasteiger partial charge in [0.2, 0.25) is 0 Å². The Bertz CT molecular complexity index is 2740. The molecule has 0 bridgehead atoms. The van der Waals surface area contributed by atoms with Crippen molar-refractivity contribution in [3.05, 3.63) is 108 Å². The summed E-state index contributed by atoms with van der Waals surface area (Å²) >= 11 is 0. The molecule has 59 heavy (non-hydrogen) atoms. The average molecular weight is 863 g/mol. The van der Waals surface area contributed by atoms with E-state index in [2.05, 4.69) is 24.7 Å². The van der Waals surface area contributed by atoms with Crippen molar-refractivity contribution in [1.82, 2.24) is 28.5 Å². The third-order valence-electron chi connectivity index (χ3n) is 7.91. The summed E-state index contributed by atoms with van der Waals surface area (Å²) in [6, 6.07) is 12.0. The zero-order valence-corrected chi connectivity index (χ0v) is 34.5. The van der Waals surface area contributed by atoms with Gasteiger partial charge in [-0.3, -0.25) is 14.8 Å². The highest BCUT2D eigenvalue weighted by Crippen LogP contribution is 2.29. The van der Waals surface area contributed by atoms with Crippen molar-refractivity contribution in [2.45, 2.75) is 56.8 Å². The highest BCUT2D eigenvalue weighted by atomic mass is 32.2. The fourth-order valence-electron chi connectivity index (χ4n) is 5.76. The van der Waals surface area contributed by atoms with E-state index >= 15 is 0 Å².